The van der Waals surface area contributed by atoms with E-state index in [2.05, 4.69) is 40.0 Å². The summed E-state index contributed by atoms with van der Waals surface area (Å²) >= 11 is 3.50. The average molecular weight is 316 g/mol. The molecule has 0 atom stereocenters. The number of rotatable bonds is 8. The van der Waals surface area contributed by atoms with Gasteiger partial charge in [-0.15, -0.1) is 0 Å². The molecule has 0 aliphatic rings. The van der Waals surface area contributed by atoms with Gasteiger partial charge in [-0.05, 0) is 66.5 Å². The van der Waals surface area contributed by atoms with Crippen molar-refractivity contribution in [2.45, 2.75) is 19.3 Å². The van der Waals surface area contributed by atoms with Crippen LogP contribution < -0.4 is 4.74 Å². The number of unbranched alkanes of at least 4 members (excludes halogenated alkanes) is 1. The molecule has 4 heteroatoms. The summed E-state index contributed by atoms with van der Waals surface area (Å²) < 4.78 is 6.22. The fourth-order valence-corrected chi connectivity index (χ4v) is 2.38. The summed E-state index contributed by atoms with van der Waals surface area (Å²) in [5, 5.41) is 8.73. The van der Waals surface area contributed by atoms with Crippen LogP contribution in [0, 0.1) is 0 Å². The molecular formula is C14H22BrNO2. The lowest BCUT2D eigenvalue weighted by Gasteiger charge is -2.16. The van der Waals surface area contributed by atoms with Gasteiger partial charge < -0.3 is 14.7 Å². The van der Waals surface area contributed by atoms with Gasteiger partial charge in [0.1, 0.15) is 5.75 Å². The number of methoxy groups -OCH3 is 1. The highest BCUT2D eigenvalue weighted by molar-refractivity contribution is 9.10. The number of ether oxygens (including phenoxy) is 1. The number of likely N-dealkylation sites (N-methyl/N-ethyl adjacent to an activating group) is 1. The largest absolute Gasteiger partial charge is 0.496 e. The number of benzene rings is 1. The molecule has 102 valence electrons. The number of halogens is 1. The standard InChI is InChI=1S/C14H22BrNO2/c1-16(8-3-4-10-17)9-7-12-5-6-14(18-2)13(15)11-12/h5-6,11,17H,3-4,7-10H2,1-2H3. The topological polar surface area (TPSA) is 32.7 Å². The second-order valence-corrected chi connectivity index (χ2v) is 5.31. The molecule has 0 aliphatic carbocycles. The Bertz CT molecular complexity index is 358. The molecule has 1 aromatic carbocycles. The Kier molecular flexibility index (Phi) is 7.32. The van der Waals surface area contributed by atoms with Crippen LogP contribution in [0.4, 0.5) is 0 Å². The van der Waals surface area contributed by atoms with Gasteiger partial charge in [-0.25, -0.2) is 0 Å². The molecule has 0 heterocycles. The summed E-state index contributed by atoms with van der Waals surface area (Å²) in [4.78, 5) is 2.30. The van der Waals surface area contributed by atoms with E-state index < -0.39 is 0 Å². The highest BCUT2D eigenvalue weighted by Crippen LogP contribution is 2.25. The molecule has 0 radical (unpaired) electrons. The third-order valence-corrected chi connectivity index (χ3v) is 3.57. The zero-order chi connectivity index (χ0) is 13.4. The average Bonchev–Trinajstić information content (AvgIpc) is 2.37. The van der Waals surface area contributed by atoms with E-state index in [1.54, 1.807) is 7.11 Å². The summed E-state index contributed by atoms with van der Waals surface area (Å²) in [5.74, 6) is 0.870. The van der Waals surface area contributed by atoms with Crippen LogP contribution in [0.25, 0.3) is 0 Å². The van der Waals surface area contributed by atoms with Crippen LogP contribution in [0.15, 0.2) is 22.7 Å². The summed E-state index contributed by atoms with van der Waals surface area (Å²) in [6.07, 6.45) is 2.97. The van der Waals surface area contributed by atoms with Gasteiger partial charge in [0, 0.05) is 13.2 Å². The summed E-state index contributed by atoms with van der Waals surface area (Å²) in [6, 6.07) is 6.21. The fourth-order valence-electron chi connectivity index (χ4n) is 1.79. The van der Waals surface area contributed by atoms with Crippen LogP contribution in [0.5, 0.6) is 5.75 Å². The van der Waals surface area contributed by atoms with Crippen molar-refractivity contribution in [3.63, 3.8) is 0 Å². The van der Waals surface area contributed by atoms with Crippen LogP contribution in [-0.2, 0) is 6.42 Å². The van der Waals surface area contributed by atoms with Crippen molar-refractivity contribution >= 4 is 15.9 Å². The first-order valence-electron chi connectivity index (χ1n) is 6.29. The van der Waals surface area contributed by atoms with Gasteiger partial charge in [0.15, 0.2) is 0 Å². The zero-order valence-electron chi connectivity index (χ0n) is 11.2. The van der Waals surface area contributed by atoms with E-state index in [4.69, 9.17) is 9.84 Å². The van der Waals surface area contributed by atoms with Crippen LogP contribution in [0.2, 0.25) is 0 Å². The van der Waals surface area contributed by atoms with Crippen LogP contribution in [-0.4, -0.2) is 43.9 Å². The Morgan fingerprint density at radius 2 is 2.06 bits per heavy atom. The lowest BCUT2D eigenvalue weighted by atomic mass is 10.1. The highest BCUT2D eigenvalue weighted by atomic mass is 79.9. The van der Waals surface area contributed by atoms with Crippen molar-refractivity contribution in [3.8, 4) is 5.75 Å². The summed E-state index contributed by atoms with van der Waals surface area (Å²) in [7, 11) is 3.80. The van der Waals surface area contributed by atoms with E-state index in [1.807, 2.05) is 6.07 Å². The number of nitrogens with zero attached hydrogens (tertiary/aromatic N) is 1. The monoisotopic (exact) mass is 315 g/mol. The fraction of sp³-hybridized carbons (Fsp3) is 0.571. The van der Waals surface area contributed by atoms with E-state index in [9.17, 15) is 0 Å². The summed E-state index contributed by atoms with van der Waals surface area (Å²) in [5.41, 5.74) is 1.30. The smallest absolute Gasteiger partial charge is 0.133 e. The molecular weight excluding hydrogens is 294 g/mol. The van der Waals surface area contributed by atoms with Crippen molar-refractivity contribution in [3.05, 3.63) is 28.2 Å². The normalized spacial score (nSPS) is 10.9. The lowest BCUT2D eigenvalue weighted by Crippen LogP contribution is -2.22. The minimum atomic E-state index is 0.291. The van der Waals surface area contributed by atoms with Crippen LogP contribution >= 0.6 is 15.9 Å². The van der Waals surface area contributed by atoms with Gasteiger partial charge in [0.05, 0.1) is 11.6 Å². The zero-order valence-corrected chi connectivity index (χ0v) is 12.7. The molecule has 0 saturated heterocycles. The highest BCUT2D eigenvalue weighted by Gasteiger charge is 2.03. The van der Waals surface area contributed by atoms with Gasteiger partial charge >= 0.3 is 0 Å². The first-order valence-corrected chi connectivity index (χ1v) is 7.08. The molecule has 3 nitrogen and oxygen atoms in total. The molecule has 1 N–H and O–H groups in total. The number of aliphatic hydroxyl groups excluding tert-OH is 1. The molecule has 0 aliphatic heterocycles. The Morgan fingerprint density at radius 3 is 2.67 bits per heavy atom. The maximum Gasteiger partial charge on any atom is 0.133 e. The van der Waals surface area contributed by atoms with Gasteiger partial charge in [-0.3, -0.25) is 0 Å². The molecule has 0 bridgehead atoms. The predicted octanol–water partition coefficient (Wildman–Crippen LogP) is 2.70. The van der Waals surface area contributed by atoms with Gasteiger partial charge in [-0.2, -0.15) is 0 Å². The quantitative estimate of drug-likeness (QED) is 0.749. The second-order valence-electron chi connectivity index (χ2n) is 4.45. The van der Waals surface area contributed by atoms with Crippen LogP contribution in [0.1, 0.15) is 18.4 Å². The van der Waals surface area contributed by atoms with E-state index in [0.717, 1.165) is 42.6 Å². The Hall–Kier alpha value is -0.580. The van der Waals surface area contributed by atoms with E-state index >= 15 is 0 Å². The molecule has 0 saturated carbocycles. The van der Waals surface area contributed by atoms with Crippen molar-refractivity contribution in [2.75, 3.05) is 33.9 Å². The number of aliphatic hydroxyl groups is 1. The second kappa shape index (κ2) is 8.51. The maximum absolute atomic E-state index is 8.73. The molecule has 0 fully saturated rings. The molecule has 1 aromatic rings. The molecule has 1 rings (SSSR count). The molecule has 0 unspecified atom stereocenters. The predicted molar refractivity (Wildman–Crippen MR) is 78.2 cm³/mol. The van der Waals surface area contributed by atoms with E-state index in [0.29, 0.717) is 6.61 Å². The van der Waals surface area contributed by atoms with Gasteiger partial charge in [-0.1, -0.05) is 6.07 Å². The lowest BCUT2D eigenvalue weighted by molar-refractivity contribution is 0.264. The SMILES string of the molecule is COc1ccc(CCN(C)CCCCO)cc1Br. The van der Waals surface area contributed by atoms with Crippen molar-refractivity contribution in [2.24, 2.45) is 0 Å². The molecule has 0 amide bonds. The molecule has 18 heavy (non-hydrogen) atoms. The maximum atomic E-state index is 8.73. The molecule has 0 spiro atoms. The first-order chi connectivity index (χ1) is 8.67. The number of hydrogen-bond acceptors (Lipinski definition) is 3. The van der Waals surface area contributed by atoms with E-state index in [-0.39, 0.29) is 0 Å². The van der Waals surface area contributed by atoms with Crippen molar-refractivity contribution in [1.82, 2.24) is 4.90 Å². The third kappa shape index (κ3) is 5.38. The van der Waals surface area contributed by atoms with Gasteiger partial charge in [0.25, 0.3) is 0 Å². The Morgan fingerprint density at radius 1 is 1.28 bits per heavy atom. The summed E-state index contributed by atoms with van der Waals surface area (Å²) in [6.45, 7) is 2.36. The minimum Gasteiger partial charge on any atom is -0.496 e. The Labute approximate surface area is 118 Å². The van der Waals surface area contributed by atoms with Crippen molar-refractivity contribution < 1.29 is 9.84 Å². The first kappa shape index (κ1) is 15.5. The molecule has 0 aromatic heterocycles. The van der Waals surface area contributed by atoms with Crippen molar-refractivity contribution in [1.29, 1.82) is 0 Å². The van der Waals surface area contributed by atoms with E-state index in [1.165, 1.54) is 5.56 Å². The Balaban J connectivity index is 2.36. The van der Waals surface area contributed by atoms with Crippen LogP contribution in [0.3, 0.4) is 0 Å². The number of hydrogen-bond donors (Lipinski definition) is 1. The third-order valence-electron chi connectivity index (χ3n) is 2.95. The minimum absolute atomic E-state index is 0.291. The van der Waals surface area contributed by atoms with Gasteiger partial charge in [0.2, 0.25) is 0 Å².